The Bertz CT molecular complexity index is 414. The number of benzene rings is 1. The van der Waals surface area contributed by atoms with Crippen molar-refractivity contribution in [3.8, 4) is 11.8 Å². The zero-order valence-electron chi connectivity index (χ0n) is 7.86. The average Bonchev–Trinajstić information content (AvgIpc) is 2.26. The number of ether oxygens (including phenoxy) is 1. The number of non-ortho nitro benzene ring substituents is 1. The van der Waals surface area contributed by atoms with Gasteiger partial charge in [0, 0.05) is 11.9 Å². The molecule has 0 aliphatic carbocycles. The molecule has 15 heavy (non-hydrogen) atoms. The van der Waals surface area contributed by atoms with Gasteiger partial charge < -0.3 is 4.74 Å². The predicted octanol–water partition coefficient (Wildman–Crippen LogP) is 2.21. The molecule has 78 valence electrons. The zero-order chi connectivity index (χ0) is 11.4. The number of alkyl halides is 1. The molecule has 0 spiro atoms. The Morgan fingerprint density at radius 2 is 2.33 bits per heavy atom. The molecule has 0 heterocycles. The minimum atomic E-state index is -0.556. The Balaban J connectivity index is 3.44. The van der Waals surface area contributed by atoms with Crippen LogP contribution in [-0.4, -0.2) is 12.0 Å². The van der Waals surface area contributed by atoms with Crippen molar-refractivity contribution in [2.24, 2.45) is 0 Å². The second kappa shape index (κ2) is 4.62. The molecule has 0 radical (unpaired) electrons. The first-order valence-electron chi connectivity index (χ1n) is 3.95. The van der Waals surface area contributed by atoms with Crippen LogP contribution in [0.1, 0.15) is 11.1 Å². The van der Waals surface area contributed by atoms with Crippen molar-refractivity contribution in [2.75, 3.05) is 7.11 Å². The Labute approximate surface area is 91.0 Å². The molecule has 0 N–H and O–H groups in total. The van der Waals surface area contributed by atoms with E-state index >= 15 is 0 Å². The van der Waals surface area contributed by atoms with Crippen molar-refractivity contribution < 1.29 is 9.66 Å². The lowest BCUT2D eigenvalue weighted by Gasteiger charge is -2.05. The first kappa shape index (κ1) is 11.3. The summed E-state index contributed by atoms with van der Waals surface area (Å²) in [6.07, 6.45) is 0. The molecule has 0 fully saturated rings. The highest BCUT2D eigenvalue weighted by Crippen LogP contribution is 2.28. The highest BCUT2D eigenvalue weighted by molar-refractivity contribution is 6.17. The van der Waals surface area contributed by atoms with E-state index in [4.69, 9.17) is 21.6 Å². The van der Waals surface area contributed by atoms with Crippen molar-refractivity contribution in [2.45, 2.75) is 5.88 Å². The van der Waals surface area contributed by atoms with Gasteiger partial charge in [0.15, 0.2) is 0 Å². The second-order valence-corrected chi connectivity index (χ2v) is 2.95. The fraction of sp³-hybridized carbons (Fsp3) is 0.222. The molecule has 1 aromatic carbocycles. The van der Waals surface area contributed by atoms with E-state index in [-0.39, 0.29) is 22.9 Å². The molecule has 5 nitrogen and oxygen atoms in total. The van der Waals surface area contributed by atoms with Crippen LogP contribution in [0.25, 0.3) is 0 Å². The third-order valence-corrected chi connectivity index (χ3v) is 2.14. The number of nitro benzene ring substituents is 1. The summed E-state index contributed by atoms with van der Waals surface area (Å²) < 4.78 is 4.88. The van der Waals surface area contributed by atoms with Gasteiger partial charge >= 0.3 is 0 Å². The molecule has 0 saturated heterocycles. The number of nitriles is 1. The first-order chi connectivity index (χ1) is 7.13. The van der Waals surface area contributed by atoms with Crippen LogP contribution in [0, 0.1) is 21.4 Å². The van der Waals surface area contributed by atoms with Gasteiger partial charge in [0.2, 0.25) is 0 Å². The molecular formula is C9H7ClN2O3. The summed E-state index contributed by atoms with van der Waals surface area (Å²) in [5, 5.41) is 19.4. The lowest BCUT2D eigenvalue weighted by Crippen LogP contribution is -1.97. The maximum atomic E-state index is 10.6. The van der Waals surface area contributed by atoms with Crippen LogP contribution in [-0.2, 0) is 5.88 Å². The van der Waals surface area contributed by atoms with Gasteiger partial charge in [-0.2, -0.15) is 5.26 Å². The normalized spacial score (nSPS) is 9.40. The summed E-state index contributed by atoms with van der Waals surface area (Å²) in [5.41, 5.74) is 0.491. The number of methoxy groups -OCH3 is 1. The molecule has 6 heteroatoms. The molecule has 0 aromatic heterocycles. The zero-order valence-corrected chi connectivity index (χ0v) is 8.61. The monoisotopic (exact) mass is 226 g/mol. The van der Waals surface area contributed by atoms with Crippen LogP contribution >= 0.6 is 11.6 Å². The average molecular weight is 227 g/mol. The van der Waals surface area contributed by atoms with Crippen molar-refractivity contribution in [1.82, 2.24) is 0 Å². The van der Waals surface area contributed by atoms with Gasteiger partial charge in [0.05, 0.1) is 23.7 Å². The van der Waals surface area contributed by atoms with Gasteiger partial charge in [-0.1, -0.05) is 0 Å². The standard InChI is InChI=1S/C9H7ClN2O3/c1-15-9-3-7(12(13)14)2-6(4-10)8(9)5-11/h2-3H,4H2,1H3. The number of nitro groups is 1. The minimum absolute atomic E-state index is 0.0287. The molecular weight excluding hydrogens is 220 g/mol. The molecule has 1 rings (SSSR count). The lowest BCUT2D eigenvalue weighted by atomic mass is 10.1. The van der Waals surface area contributed by atoms with Gasteiger partial charge in [0.1, 0.15) is 11.8 Å². The van der Waals surface area contributed by atoms with Crippen LogP contribution in [0.5, 0.6) is 5.75 Å². The number of nitrogens with zero attached hydrogens (tertiary/aromatic N) is 2. The molecule has 0 aliphatic heterocycles. The largest absolute Gasteiger partial charge is 0.495 e. The van der Waals surface area contributed by atoms with E-state index in [1.807, 2.05) is 6.07 Å². The van der Waals surface area contributed by atoms with E-state index in [9.17, 15) is 10.1 Å². The third kappa shape index (κ3) is 2.17. The van der Waals surface area contributed by atoms with E-state index in [0.717, 1.165) is 0 Å². The Morgan fingerprint density at radius 3 is 2.73 bits per heavy atom. The predicted molar refractivity (Wildman–Crippen MR) is 53.9 cm³/mol. The SMILES string of the molecule is COc1cc([N+](=O)[O-])cc(CCl)c1C#N. The maximum Gasteiger partial charge on any atom is 0.273 e. The molecule has 0 atom stereocenters. The molecule has 0 unspecified atom stereocenters. The highest BCUT2D eigenvalue weighted by Gasteiger charge is 2.16. The quantitative estimate of drug-likeness (QED) is 0.450. The van der Waals surface area contributed by atoms with E-state index in [1.54, 1.807) is 0 Å². The summed E-state index contributed by atoms with van der Waals surface area (Å²) in [5.74, 6) is 0.198. The molecule has 0 aliphatic rings. The fourth-order valence-electron chi connectivity index (χ4n) is 1.16. The van der Waals surface area contributed by atoms with Gasteiger partial charge in [-0.25, -0.2) is 0 Å². The molecule has 0 amide bonds. The van der Waals surface area contributed by atoms with Crippen molar-refractivity contribution >= 4 is 17.3 Å². The number of rotatable bonds is 3. The topological polar surface area (TPSA) is 76.2 Å². The number of hydrogen-bond acceptors (Lipinski definition) is 4. The molecule has 1 aromatic rings. The molecule has 0 bridgehead atoms. The van der Waals surface area contributed by atoms with E-state index in [1.165, 1.54) is 19.2 Å². The number of hydrogen-bond donors (Lipinski definition) is 0. The van der Waals surface area contributed by atoms with Crippen LogP contribution < -0.4 is 4.74 Å². The van der Waals surface area contributed by atoms with Gasteiger partial charge in [0.25, 0.3) is 5.69 Å². The van der Waals surface area contributed by atoms with Crippen molar-refractivity contribution in [1.29, 1.82) is 5.26 Å². The van der Waals surface area contributed by atoms with Gasteiger partial charge in [-0.15, -0.1) is 11.6 Å². The smallest absolute Gasteiger partial charge is 0.273 e. The van der Waals surface area contributed by atoms with E-state index in [0.29, 0.717) is 5.56 Å². The second-order valence-electron chi connectivity index (χ2n) is 2.68. The lowest BCUT2D eigenvalue weighted by molar-refractivity contribution is -0.385. The molecule has 0 saturated carbocycles. The summed E-state index contributed by atoms with van der Waals surface area (Å²) >= 11 is 5.59. The third-order valence-electron chi connectivity index (χ3n) is 1.86. The highest BCUT2D eigenvalue weighted by atomic mass is 35.5. The summed E-state index contributed by atoms with van der Waals surface area (Å²) in [6, 6.07) is 4.37. The van der Waals surface area contributed by atoms with Crippen LogP contribution in [0.4, 0.5) is 5.69 Å². The van der Waals surface area contributed by atoms with Crippen molar-refractivity contribution in [3.63, 3.8) is 0 Å². The first-order valence-corrected chi connectivity index (χ1v) is 4.48. The minimum Gasteiger partial charge on any atom is -0.495 e. The Hall–Kier alpha value is -1.80. The van der Waals surface area contributed by atoms with Gasteiger partial charge in [-0.3, -0.25) is 10.1 Å². The summed E-state index contributed by atoms with van der Waals surface area (Å²) in [4.78, 5) is 10.0. The van der Waals surface area contributed by atoms with E-state index in [2.05, 4.69) is 0 Å². The van der Waals surface area contributed by atoms with Gasteiger partial charge in [-0.05, 0) is 5.56 Å². The summed E-state index contributed by atoms with van der Waals surface area (Å²) in [7, 11) is 1.35. The maximum absolute atomic E-state index is 10.6. The Morgan fingerprint density at radius 1 is 1.67 bits per heavy atom. The van der Waals surface area contributed by atoms with Crippen LogP contribution in [0.3, 0.4) is 0 Å². The van der Waals surface area contributed by atoms with Crippen molar-refractivity contribution in [3.05, 3.63) is 33.4 Å². The Kier molecular flexibility index (Phi) is 3.47. The number of halogens is 1. The van der Waals surface area contributed by atoms with Crippen LogP contribution in [0.2, 0.25) is 0 Å². The van der Waals surface area contributed by atoms with Crippen LogP contribution in [0.15, 0.2) is 12.1 Å². The fourth-order valence-corrected chi connectivity index (χ4v) is 1.37. The van der Waals surface area contributed by atoms with E-state index < -0.39 is 4.92 Å². The summed E-state index contributed by atoms with van der Waals surface area (Å²) in [6.45, 7) is 0.